The number of morpholine rings is 1. The Labute approximate surface area is 139 Å². The largest absolute Gasteiger partial charge is 0.380 e. The van der Waals surface area contributed by atoms with Gasteiger partial charge in [0.15, 0.2) is 0 Å². The third-order valence-corrected chi connectivity index (χ3v) is 5.47. The van der Waals surface area contributed by atoms with E-state index in [1.165, 1.54) is 25.9 Å². The van der Waals surface area contributed by atoms with E-state index in [0.717, 1.165) is 39.1 Å². The lowest BCUT2D eigenvalue weighted by Crippen LogP contribution is -2.44. The van der Waals surface area contributed by atoms with Gasteiger partial charge in [0.2, 0.25) is 5.91 Å². The maximum atomic E-state index is 12.4. The molecule has 3 heterocycles. The smallest absolute Gasteiger partial charge is 0.224 e. The average Bonchev–Trinajstić information content (AvgIpc) is 3.23. The minimum atomic E-state index is 0.272. The first kappa shape index (κ1) is 17.1. The van der Waals surface area contributed by atoms with Crippen molar-refractivity contribution in [2.45, 2.75) is 37.8 Å². The van der Waals surface area contributed by atoms with E-state index in [0.29, 0.717) is 31.8 Å². The first-order chi connectivity index (χ1) is 11.3. The molecule has 3 fully saturated rings. The molecule has 0 unspecified atom stereocenters. The van der Waals surface area contributed by atoms with Gasteiger partial charge in [0.25, 0.3) is 0 Å². The lowest BCUT2D eigenvalue weighted by molar-refractivity contribution is -0.135. The molecule has 6 heteroatoms. The zero-order chi connectivity index (χ0) is 16.1. The summed E-state index contributed by atoms with van der Waals surface area (Å²) in [5, 5.41) is 0. The SMILES string of the molecule is CO[C@H]1C[C@@H](CN2CCCC2)N(CCC(=O)N2CCOCC2)C1. The van der Waals surface area contributed by atoms with Gasteiger partial charge in [-0.25, -0.2) is 0 Å². The molecule has 3 rings (SSSR count). The molecule has 0 bridgehead atoms. The van der Waals surface area contributed by atoms with Crippen LogP contribution in [0.2, 0.25) is 0 Å². The second-order valence-corrected chi connectivity index (χ2v) is 6.99. The Balaban J connectivity index is 1.48. The zero-order valence-corrected chi connectivity index (χ0v) is 14.4. The number of methoxy groups -OCH3 is 1. The van der Waals surface area contributed by atoms with E-state index in [1.54, 1.807) is 7.11 Å². The van der Waals surface area contributed by atoms with Gasteiger partial charge in [-0.15, -0.1) is 0 Å². The maximum absolute atomic E-state index is 12.4. The van der Waals surface area contributed by atoms with E-state index in [-0.39, 0.29) is 5.91 Å². The van der Waals surface area contributed by atoms with Crippen molar-refractivity contribution in [1.82, 2.24) is 14.7 Å². The number of likely N-dealkylation sites (tertiary alicyclic amines) is 2. The Morgan fingerprint density at radius 2 is 1.91 bits per heavy atom. The molecule has 3 aliphatic rings. The van der Waals surface area contributed by atoms with Gasteiger partial charge in [-0.05, 0) is 32.4 Å². The van der Waals surface area contributed by atoms with Crippen molar-refractivity contribution < 1.29 is 14.3 Å². The minimum absolute atomic E-state index is 0.272. The molecule has 0 saturated carbocycles. The predicted octanol–water partition coefficient (Wildman–Crippen LogP) is 0.420. The summed E-state index contributed by atoms with van der Waals surface area (Å²) in [6.07, 6.45) is 4.69. The molecule has 3 saturated heterocycles. The van der Waals surface area contributed by atoms with Crippen LogP contribution in [0.1, 0.15) is 25.7 Å². The Hall–Kier alpha value is -0.690. The highest BCUT2D eigenvalue weighted by molar-refractivity contribution is 5.76. The van der Waals surface area contributed by atoms with E-state index >= 15 is 0 Å². The van der Waals surface area contributed by atoms with E-state index in [1.807, 2.05) is 4.90 Å². The summed E-state index contributed by atoms with van der Waals surface area (Å²) in [6, 6.07) is 0.538. The minimum Gasteiger partial charge on any atom is -0.380 e. The Bertz CT molecular complexity index is 381. The number of hydrogen-bond donors (Lipinski definition) is 0. The van der Waals surface area contributed by atoms with Crippen LogP contribution in [0.5, 0.6) is 0 Å². The first-order valence-electron chi connectivity index (χ1n) is 9.11. The highest BCUT2D eigenvalue weighted by atomic mass is 16.5. The highest BCUT2D eigenvalue weighted by Crippen LogP contribution is 2.23. The third kappa shape index (κ3) is 4.66. The molecule has 3 aliphatic heterocycles. The second-order valence-electron chi connectivity index (χ2n) is 6.99. The number of carbonyl (C=O) groups is 1. The average molecular weight is 325 g/mol. The van der Waals surface area contributed by atoms with Crippen molar-refractivity contribution in [3.8, 4) is 0 Å². The topological polar surface area (TPSA) is 45.2 Å². The first-order valence-corrected chi connectivity index (χ1v) is 9.11. The van der Waals surface area contributed by atoms with Gasteiger partial charge in [0, 0.05) is 52.3 Å². The Morgan fingerprint density at radius 1 is 1.17 bits per heavy atom. The Kier molecular flexibility index (Phi) is 6.28. The molecule has 0 aromatic rings. The summed E-state index contributed by atoms with van der Waals surface area (Å²) in [5.41, 5.74) is 0. The monoisotopic (exact) mass is 325 g/mol. The summed E-state index contributed by atoms with van der Waals surface area (Å²) >= 11 is 0. The number of hydrogen-bond acceptors (Lipinski definition) is 5. The fraction of sp³-hybridized carbons (Fsp3) is 0.941. The second kappa shape index (κ2) is 8.42. The van der Waals surface area contributed by atoms with Gasteiger partial charge in [-0.1, -0.05) is 0 Å². The van der Waals surface area contributed by atoms with Crippen molar-refractivity contribution in [1.29, 1.82) is 0 Å². The quantitative estimate of drug-likeness (QED) is 0.708. The molecule has 23 heavy (non-hydrogen) atoms. The van der Waals surface area contributed by atoms with E-state index in [2.05, 4.69) is 9.80 Å². The van der Waals surface area contributed by atoms with Crippen LogP contribution in [0.25, 0.3) is 0 Å². The number of ether oxygens (including phenoxy) is 2. The third-order valence-electron chi connectivity index (χ3n) is 5.47. The van der Waals surface area contributed by atoms with Gasteiger partial charge >= 0.3 is 0 Å². The molecule has 0 radical (unpaired) electrons. The number of carbonyl (C=O) groups excluding carboxylic acids is 1. The van der Waals surface area contributed by atoms with Crippen molar-refractivity contribution in [3.05, 3.63) is 0 Å². The number of amides is 1. The summed E-state index contributed by atoms with van der Waals surface area (Å²) < 4.78 is 10.9. The van der Waals surface area contributed by atoms with Crippen molar-refractivity contribution >= 4 is 5.91 Å². The molecule has 0 aliphatic carbocycles. The molecule has 1 amide bonds. The van der Waals surface area contributed by atoms with Crippen LogP contribution in [0.3, 0.4) is 0 Å². The molecule has 0 N–H and O–H groups in total. The van der Waals surface area contributed by atoms with Crippen LogP contribution in [0.15, 0.2) is 0 Å². The summed E-state index contributed by atoms with van der Waals surface area (Å²) in [6.45, 7) is 8.26. The normalized spacial score (nSPS) is 30.2. The molecule has 0 aromatic heterocycles. The van der Waals surface area contributed by atoms with Crippen LogP contribution >= 0.6 is 0 Å². The van der Waals surface area contributed by atoms with Gasteiger partial charge in [-0.2, -0.15) is 0 Å². The van der Waals surface area contributed by atoms with Crippen LogP contribution in [0, 0.1) is 0 Å². The molecule has 6 nitrogen and oxygen atoms in total. The lowest BCUT2D eigenvalue weighted by Gasteiger charge is -2.30. The Morgan fingerprint density at radius 3 is 2.61 bits per heavy atom. The maximum Gasteiger partial charge on any atom is 0.224 e. The van der Waals surface area contributed by atoms with Crippen LogP contribution in [-0.4, -0.2) is 98.9 Å². The standard InChI is InChI=1S/C17H31N3O3/c1-22-16-12-15(13-18-5-2-3-6-18)20(14-16)7-4-17(21)19-8-10-23-11-9-19/h15-16H,2-14H2,1H3/t15-,16-/m0/s1. The van der Waals surface area contributed by atoms with Gasteiger partial charge in [0.1, 0.15) is 0 Å². The number of nitrogens with zero attached hydrogens (tertiary/aromatic N) is 3. The van der Waals surface area contributed by atoms with Gasteiger partial charge in [-0.3, -0.25) is 9.69 Å². The molecule has 0 spiro atoms. The molecular weight excluding hydrogens is 294 g/mol. The van der Waals surface area contributed by atoms with E-state index in [9.17, 15) is 4.79 Å². The van der Waals surface area contributed by atoms with E-state index in [4.69, 9.17) is 9.47 Å². The van der Waals surface area contributed by atoms with Crippen LogP contribution in [-0.2, 0) is 14.3 Å². The zero-order valence-electron chi connectivity index (χ0n) is 14.4. The highest BCUT2D eigenvalue weighted by Gasteiger charge is 2.34. The molecule has 132 valence electrons. The van der Waals surface area contributed by atoms with Crippen molar-refractivity contribution in [2.24, 2.45) is 0 Å². The van der Waals surface area contributed by atoms with Crippen LogP contribution in [0.4, 0.5) is 0 Å². The molecular formula is C17H31N3O3. The van der Waals surface area contributed by atoms with Crippen LogP contribution < -0.4 is 0 Å². The lowest BCUT2D eigenvalue weighted by atomic mass is 10.2. The summed E-state index contributed by atoms with van der Waals surface area (Å²) in [5.74, 6) is 0.272. The van der Waals surface area contributed by atoms with Crippen molar-refractivity contribution in [3.63, 3.8) is 0 Å². The predicted molar refractivity (Wildman–Crippen MR) is 88.5 cm³/mol. The fourth-order valence-corrected chi connectivity index (χ4v) is 4.05. The van der Waals surface area contributed by atoms with Gasteiger partial charge < -0.3 is 19.3 Å². The molecule has 2 atom stereocenters. The summed E-state index contributed by atoms with van der Waals surface area (Å²) in [7, 11) is 1.81. The fourth-order valence-electron chi connectivity index (χ4n) is 4.05. The summed E-state index contributed by atoms with van der Waals surface area (Å²) in [4.78, 5) is 19.4. The molecule has 0 aromatic carbocycles. The van der Waals surface area contributed by atoms with E-state index < -0.39 is 0 Å². The van der Waals surface area contributed by atoms with Gasteiger partial charge in [0.05, 0.1) is 19.3 Å². The van der Waals surface area contributed by atoms with Crippen molar-refractivity contribution in [2.75, 3.05) is 66.1 Å². The number of rotatable bonds is 6.